The summed E-state index contributed by atoms with van der Waals surface area (Å²) in [5.74, 6) is -0.185. The summed E-state index contributed by atoms with van der Waals surface area (Å²) in [6.45, 7) is 4.79. The highest BCUT2D eigenvalue weighted by atomic mass is 31.2. The summed E-state index contributed by atoms with van der Waals surface area (Å²) in [7, 11) is 1.56. The van der Waals surface area contributed by atoms with Gasteiger partial charge in [-0.1, -0.05) is 199 Å². The highest BCUT2D eigenvalue weighted by Gasteiger charge is 2.27. The second-order valence-electron chi connectivity index (χ2n) is 17.1. The summed E-state index contributed by atoms with van der Waals surface area (Å²) in [6, 6.07) is -0.857. The van der Waals surface area contributed by atoms with Crippen molar-refractivity contribution in [2.75, 3.05) is 40.9 Å². The molecule has 0 radical (unpaired) electrons. The lowest BCUT2D eigenvalue weighted by molar-refractivity contribution is -0.870. The van der Waals surface area contributed by atoms with Gasteiger partial charge in [0.15, 0.2) is 0 Å². The Morgan fingerprint density at radius 1 is 0.600 bits per heavy atom. The quantitative estimate of drug-likeness (QED) is 0.0246. The number of nitrogens with one attached hydrogen (secondary N) is 1. The van der Waals surface area contributed by atoms with Gasteiger partial charge < -0.3 is 19.8 Å². The van der Waals surface area contributed by atoms with Crippen LogP contribution in [-0.4, -0.2) is 73.4 Å². The Bertz CT molecular complexity index is 953. The fourth-order valence-electron chi connectivity index (χ4n) is 6.70. The van der Waals surface area contributed by atoms with Gasteiger partial charge in [-0.2, -0.15) is 0 Å². The molecule has 3 atom stereocenters. The van der Waals surface area contributed by atoms with Crippen molar-refractivity contribution in [2.24, 2.45) is 0 Å². The normalized spacial score (nSPS) is 14.5. The SMILES string of the molecule is CCCCCCCCC/C=C/CC/C=C/[C@@H](O)[C@H](COP(=O)(O)OCC[N+](C)(C)C)NC(=O)CCCCCCCCCCCCCCCCCCCCCC. The maximum atomic E-state index is 12.9. The van der Waals surface area contributed by atoms with Gasteiger partial charge in [-0.15, -0.1) is 0 Å². The minimum Gasteiger partial charge on any atom is -0.387 e. The number of phosphoric acid groups is 1. The van der Waals surface area contributed by atoms with Crippen LogP contribution in [0.2, 0.25) is 0 Å². The fraction of sp³-hybridized carbons (Fsp3) is 0.891. The molecule has 3 N–H and O–H groups in total. The predicted octanol–water partition coefficient (Wildman–Crippen LogP) is 12.9. The number of phosphoric ester groups is 1. The van der Waals surface area contributed by atoms with Gasteiger partial charge in [0.05, 0.1) is 39.9 Å². The van der Waals surface area contributed by atoms with Gasteiger partial charge in [-0.3, -0.25) is 13.8 Å². The second kappa shape index (κ2) is 38.5. The minimum absolute atomic E-state index is 0.0582. The van der Waals surface area contributed by atoms with Gasteiger partial charge in [-0.05, 0) is 32.1 Å². The summed E-state index contributed by atoms with van der Waals surface area (Å²) in [5, 5.41) is 13.8. The molecular weight excluding hydrogens is 707 g/mol. The number of hydrogen-bond acceptors (Lipinski definition) is 5. The first kappa shape index (κ1) is 54.0. The minimum atomic E-state index is -4.34. The maximum Gasteiger partial charge on any atom is 0.472 e. The molecule has 0 aromatic carbocycles. The van der Waals surface area contributed by atoms with E-state index in [4.69, 9.17) is 9.05 Å². The molecule has 326 valence electrons. The van der Waals surface area contributed by atoms with Crippen LogP contribution in [0.15, 0.2) is 24.3 Å². The lowest BCUT2D eigenvalue weighted by Crippen LogP contribution is -2.45. The van der Waals surface area contributed by atoms with E-state index >= 15 is 0 Å². The molecule has 0 aromatic heterocycles. The summed E-state index contributed by atoms with van der Waals surface area (Å²) in [5.41, 5.74) is 0. The number of carbonyl (C=O) groups excluding carboxylic acids is 1. The molecule has 0 heterocycles. The van der Waals surface area contributed by atoms with Crippen LogP contribution in [0, 0.1) is 0 Å². The van der Waals surface area contributed by atoms with Gasteiger partial charge in [0.25, 0.3) is 0 Å². The van der Waals surface area contributed by atoms with Gasteiger partial charge in [0.2, 0.25) is 5.91 Å². The molecule has 0 bridgehead atoms. The number of aliphatic hydroxyl groups is 1. The first-order chi connectivity index (χ1) is 26.5. The van der Waals surface area contributed by atoms with Crippen molar-refractivity contribution >= 4 is 13.7 Å². The van der Waals surface area contributed by atoms with Crippen LogP contribution in [0.1, 0.15) is 213 Å². The van der Waals surface area contributed by atoms with E-state index in [-0.39, 0.29) is 19.1 Å². The van der Waals surface area contributed by atoms with Crippen LogP contribution in [0.25, 0.3) is 0 Å². The average molecular weight is 800 g/mol. The van der Waals surface area contributed by atoms with E-state index in [1.165, 1.54) is 154 Å². The van der Waals surface area contributed by atoms with E-state index in [1.54, 1.807) is 6.08 Å². The third-order valence-electron chi connectivity index (χ3n) is 10.4. The smallest absolute Gasteiger partial charge is 0.387 e. The number of likely N-dealkylation sites (N-methyl/N-ethyl adjacent to an activating group) is 1. The van der Waals surface area contributed by atoms with Crippen molar-refractivity contribution in [3.8, 4) is 0 Å². The van der Waals surface area contributed by atoms with Gasteiger partial charge in [0, 0.05) is 6.42 Å². The largest absolute Gasteiger partial charge is 0.472 e. The van der Waals surface area contributed by atoms with E-state index in [9.17, 15) is 19.4 Å². The van der Waals surface area contributed by atoms with Crippen LogP contribution in [0.4, 0.5) is 0 Å². The molecule has 0 aliphatic heterocycles. The first-order valence-corrected chi connectivity index (χ1v) is 24.7. The molecule has 0 aromatic rings. The van der Waals surface area contributed by atoms with Crippen molar-refractivity contribution in [3.05, 3.63) is 24.3 Å². The van der Waals surface area contributed by atoms with E-state index in [1.807, 2.05) is 27.2 Å². The zero-order valence-corrected chi connectivity index (χ0v) is 37.8. The zero-order valence-electron chi connectivity index (χ0n) is 36.9. The van der Waals surface area contributed by atoms with Crippen molar-refractivity contribution < 1.29 is 32.9 Å². The zero-order chi connectivity index (χ0) is 40.7. The number of rotatable bonds is 42. The fourth-order valence-corrected chi connectivity index (χ4v) is 7.44. The molecule has 0 saturated heterocycles. The third kappa shape index (κ3) is 41.0. The van der Waals surface area contributed by atoms with E-state index in [0.717, 1.165) is 38.5 Å². The lowest BCUT2D eigenvalue weighted by Gasteiger charge is -2.25. The molecule has 0 aliphatic carbocycles. The third-order valence-corrected chi connectivity index (χ3v) is 11.4. The molecule has 0 saturated carbocycles. The molecule has 9 heteroatoms. The molecule has 0 fully saturated rings. The predicted molar refractivity (Wildman–Crippen MR) is 235 cm³/mol. The molecular formula is C46H92N2O6P+. The Hall–Kier alpha value is -1.02. The van der Waals surface area contributed by atoms with Crippen LogP contribution >= 0.6 is 7.82 Å². The molecule has 55 heavy (non-hydrogen) atoms. The van der Waals surface area contributed by atoms with Crippen LogP contribution in [0.5, 0.6) is 0 Å². The first-order valence-electron chi connectivity index (χ1n) is 23.2. The number of quaternary nitrogens is 1. The Kier molecular flexibility index (Phi) is 37.8. The monoisotopic (exact) mass is 800 g/mol. The number of carbonyl (C=O) groups is 1. The molecule has 8 nitrogen and oxygen atoms in total. The number of amides is 1. The Labute approximate surface area is 341 Å². The van der Waals surface area contributed by atoms with E-state index < -0.39 is 20.0 Å². The molecule has 0 aliphatic rings. The number of unbranched alkanes of at least 4 members (excludes halogenated alkanes) is 27. The standard InChI is InChI=1S/C46H91N2O6P/c1-6-8-10-12-14-16-18-20-21-22-23-24-25-26-28-30-32-34-36-38-40-46(50)47-44(43-54-55(51,52)53-42-41-48(3,4)5)45(49)39-37-35-33-31-29-27-19-17-15-13-11-9-7-2/h29,31,37,39,44-45,49H,6-28,30,32-36,38,40-43H2,1-5H3,(H-,47,50,51,52)/p+1/b31-29+,39-37+/t44-,45+/m0/s1. The number of hydrogen-bond donors (Lipinski definition) is 3. The van der Waals surface area contributed by atoms with Crippen LogP contribution in [0.3, 0.4) is 0 Å². The summed E-state index contributed by atoms with van der Waals surface area (Å²) in [4.78, 5) is 23.1. The van der Waals surface area contributed by atoms with Gasteiger partial charge in [0.1, 0.15) is 13.2 Å². The lowest BCUT2D eigenvalue weighted by atomic mass is 10.0. The molecule has 1 unspecified atom stereocenters. The van der Waals surface area contributed by atoms with Crippen molar-refractivity contribution in [1.82, 2.24) is 5.32 Å². The van der Waals surface area contributed by atoms with Crippen LogP contribution in [-0.2, 0) is 18.4 Å². The van der Waals surface area contributed by atoms with Gasteiger partial charge in [-0.25, -0.2) is 4.57 Å². The highest BCUT2D eigenvalue weighted by Crippen LogP contribution is 2.43. The van der Waals surface area contributed by atoms with E-state index in [2.05, 4.69) is 31.3 Å². The number of nitrogens with zero attached hydrogens (tertiary/aromatic N) is 1. The van der Waals surface area contributed by atoms with Crippen molar-refractivity contribution in [1.29, 1.82) is 0 Å². The van der Waals surface area contributed by atoms with E-state index in [0.29, 0.717) is 17.4 Å². The van der Waals surface area contributed by atoms with Crippen molar-refractivity contribution in [3.63, 3.8) is 0 Å². The molecule has 1 amide bonds. The molecule has 0 rings (SSSR count). The number of allylic oxidation sites excluding steroid dienone is 3. The second-order valence-corrected chi connectivity index (χ2v) is 18.6. The Morgan fingerprint density at radius 2 is 1.00 bits per heavy atom. The maximum absolute atomic E-state index is 12.9. The summed E-state index contributed by atoms with van der Waals surface area (Å²) < 4.78 is 23.5. The van der Waals surface area contributed by atoms with Crippen LogP contribution < -0.4 is 5.32 Å². The Balaban J connectivity index is 4.34. The summed E-state index contributed by atoms with van der Waals surface area (Å²) >= 11 is 0. The summed E-state index contributed by atoms with van der Waals surface area (Å²) in [6.07, 6.45) is 45.4. The van der Waals surface area contributed by atoms with Gasteiger partial charge >= 0.3 is 7.82 Å². The Morgan fingerprint density at radius 3 is 1.45 bits per heavy atom. The number of aliphatic hydroxyl groups excluding tert-OH is 1. The topological polar surface area (TPSA) is 105 Å². The average Bonchev–Trinajstić information content (AvgIpc) is 3.13. The highest BCUT2D eigenvalue weighted by molar-refractivity contribution is 7.47. The van der Waals surface area contributed by atoms with Crippen molar-refractivity contribution in [2.45, 2.75) is 225 Å². The molecule has 0 spiro atoms.